The van der Waals surface area contributed by atoms with Gasteiger partial charge in [0.15, 0.2) is 15.1 Å². The van der Waals surface area contributed by atoms with Crippen LogP contribution in [0.5, 0.6) is 0 Å². The number of benzene rings is 1. The van der Waals surface area contributed by atoms with E-state index in [1.807, 2.05) is 30.3 Å². The van der Waals surface area contributed by atoms with Crippen LogP contribution in [0.15, 0.2) is 63.1 Å². The van der Waals surface area contributed by atoms with Gasteiger partial charge in [-0.25, -0.2) is 23.3 Å². The van der Waals surface area contributed by atoms with Crippen molar-refractivity contribution < 1.29 is 18.0 Å². The summed E-state index contributed by atoms with van der Waals surface area (Å²) in [6.45, 7) is 0. The summed E-state index contributed by atoms with van der Waals surface area (Å²) >= 11 is 2.19. The van der Waals surface area contributed by atoms with E-state index in [0.717, 1.165) is 41.9 Å². The summed E-state index contributed by atoms with van der Waals surface area (Å²) in [7, 11) is -4.11. The molecule has 3 N–H and O–H groups in total. The molecule has 0 atom stereocenters. The van der Waals surface area contributed by atoms with Gasteiger partial charge in [0.2, 0.25) is 0 Å². The Kier molecular flexibility index (Phi) is 7.76. The lowest BCUT2D eigenvalue weighted by atomic mass is 9.96. The van der Waals surface area contributed by atoms with Gasteiger partial charge < -0.3 is 5.32 Å². The van der Waals surface area contributed by atoms with Crippen molar-refractivity contribution in [1.29, 1.82) is 0 Å². The van der Waals surface area contributed by atoms with E-state index in [-0.39, 0.29) is 32.5 Å². The van der Waals surface area contributed by atoms with Gasteiger partial charge in [-0.1, -0.05) is 47.5 Å². The van der Waals surface area contributed by atoms with E-state index in [1.54, 1.807) is 6.07 Å². The van der Waals surface area contributed by atoms with Crippen molar-refractivity contribution >= 4 is 55.6 Å². The second-order valence-electron chi connectivity index (χ2n) is 8.41. The van der Waals surface area contributed by atoms with Gasteiger partial charge >= 0.3 is 6.03 Å². The summed E-state index contributed by atoms with van der Waals surface area (Å²) in [6.07, 6.45) is 6.59. The van der Waals surface area contributed by atoms with E-state index in [0.29, 0.717) is 11.3 Å². The van der Waals surface area contributed by atoms with Gasteiger partial charge in [0.25, 0.3) is 15.0 Å². The van der Waals surface area contributed by atoms with Crippen molar-refractivity contribution in [1.82, 2.24) is 30.6 Å². The largest absolute Gasteiger partial charge is 0.325 e. The highest BCUT2D eigenvalue weighted by Crippen LogP contribution is 2.35. The first kappa shape index (κ1) is 25.9. The lowest BCUT2D eigenvalue weighted by Crippen LogP contribution is -2.22. The van der Waals surface area contributed by atoms with Crippen molar-refractivity contribution in [2.24, 2.45) is 5.92 Å². The lowest BCUT2D eigenvalue weighted by Gasteiger charge is -2.13. The minimum Gasteiger partial charge on any atom is -0.307 e. The standard InChI is InChI=1S/C23H22N8O4S3/c32-19(14-6-4-5-7-14)16-12-24-11-10-17(16)25-21(33)27-22-26-18(13-36-15-8-2-1-3-9-15)20(37-22)38(34,35)23-28-30-31-29-23/h1-3,8-12,14H,4-7,13H2,(H,28,29,30,31)(H2,24,25,26,27,33). The Morgan fingerprint density at radius 2 is 1.89 bits per heavy atom. The molecule has 3 heterocycles. The van der Waals surface area contributed by atoms with Crippen LogP contribution in [0, 0.1) is 5.92 Å². The number of H-pyrrole nitrogens is 1. The second-order valence-corrected chi connectivity index (χ2v) is 12.5. The number of carbonyl (C=O) groups excluding carboxylic acids is 2. The number of rotatable bonds is 9. The average Bonchev–Trinajstić information content (AvgIpc) is 3.71. The number of sulfone groups is 1. The third kappa shape index (κ3) is 5.74. The van der Waals surface area contributed by atoms with Crippen LogP contribution >= 0.6 is 23.1 Å². The highest BCUT2D eigenvalue weighted by atomic mass is 32.2. The van der Waals surface area contributed by atoms with Crippen molar-refractivity contribution in [3.8, 4) is 0 Å². The topological polar surface area (TPSA) is 173 Å². The zero-order valence-electron chi connectivity index (χ0n) is 19.8. The van der Waals surface area contributed by atoms with Gasteiger partial charge in [-0.05, 0) is 41.5 Å². The van der Waals surface area contributed by atoms with Gasteiger partial charge in [-0.3, -0.25) is 15.1 Å². The number of aromatic nitrogens is 6. The molecule has 4 aromatic rings. The van der Waals surface area contributed by atoms with Crippen molar-refractivity contribution in [2.45, 2.75) is 45.7 Å². The molecule has 12 nitrogen and oxygen atoms in total. The average molecular weight is 571 g/mol. The summed E-state index contributed by atoms with van der Waals surface area (Å²) in [5.41, 5.74) is 0.915. The number of nitrogens with zero attached hydrogens (tertiary/aromatic N) is 5. The highest BCUT2D eigenvalue weighted by Gasteiger charge is 2.30. The smallest absolute Gasteiger partial charge is 0.307 e. The van der Waals surface area contributed by atoms with Crippen LogP contribution in [-0.2, 0) is 15.6 Å². The third-order valence-corrected chi connectivity index (χ3v) is 10.0. The molecule has 2 amide bonds. The van der Waals surface area contributed by atoms with Crippen LogP contribution in [0.25, 0.3) is 0 Å². The number of pyridine rings is 1. The maximum absolute atomic E-state index is 13.2. The van der Waals surface area contributed by atoms with Crippen LogP contribution in [0.1, 0.15) is 41.7 Å². The molecule has 5 rings (SSSR count). The van der Waals surface area contributed by atoms with Crippen LogP contribution in [0.4, 0.5) is 15.6 Å². The van der Waals surface area contributed by atoms with E-state index in [4.69, 9.17) is 0 Å². The molecule has 1 aliphatic rings. The number of nitrogens with one attached hydrogen (secondary N) is 3. The maximum atomic E-state index is 13.2. The molecular formula is C23H22N8O4S3. The number of hydrogen-bond donors (Lipinski definition) is 3. The maximum Gasteiger partial charge on any atom is 0.325 e. The predicted molar refractivity (Wildman–Crippen MR) is 141 cm³/mol. The summed E-state index contributed by atoms with van der Waals surface area (Å²) in [6, 6.07) is 10.3. The van der Waals surface area contributed by atoms with Crippen LogP contribution in [0.2, 0.25) is 0 Å². The Hall–Kier alpha value is -3.69. The molecule has 0 aliphatic heterocycles. The first-order valence-electron chi connectivity index (χ1n) is 11.6. The SMILES string of the molecule is O=C(Nc1nc(CSc2ccccc2)c(S(=O)(=O)c2nnn[nH]2)s1)Nc1ccncc1C(=O)C1CCCC1. The predicted octanol–water partition coefficient (Wildman–Crippen LogP) is 4.19. The molecule has 0 bridgehead atoms. The van der Waals surface area contributed by atoms with Gasteiger partial charge in [0.1, 0.15) is 0 Å². The number of amides is 2. The van der Waals surface area contributed by atoms with Gasteiger partial charge in [-0.2, -0.15) is 0 Å². The number of tetrazole rings is 1. The molecule has 196 valence electrons. The fraction of sp³-hybridized carbons (Fsp3) is 0.261. The van der Waals surface area contributed by atoms with E-state index in [9.17, 15) is 18.0 Å². The van der Waals surface area contributed by atoms with E-state index < -0.39 is 21.0 Å². The molecule has 3 aromatic heterocycles. The van der Waals surface area contributed by atoms with Gasteiger partial charge in [0.05, 0.1) is 16.9 Å². The van der Waals surface area contributed by atoms with Crippen molar-refractivity contribution in [3.63, 3.8) is 0 Å². The minimum absolute atomic E-state index is 0.0468. The summed E-state index contributed by atoms with van der Waals surface area (Å²) in [5.74, 6) is 0.101. The van der Waals surface area contributed by atoms with E-state index in [1.165, 1.54) is 24.2 Å². The molecule has 0 unspecified atom stereocenters. The minimum atomic E-state index is -4.11. The first-order valence-corrected chi connectivity index (χ1v) is 14.9. The zero-order valence-corrected chi connectivity index (χ0v) is 22.3. The molecular weight excluding hydrogens is 549 g/mol. The zero-order chi connectivity index (χ0) is 26.5. The fourth-order valence-corrected chi connectivity index (χ4v) is 7.65. The Morgan fingerprint density at radius 3 is 2.63 bits per heavy atom. The monoisotopic (exact) mass is 570 g/mol. The number of thiazole rings is 1. The molecule has 38 heavy (non-hydrogen) atoms. The van der Waals surface area contributed by atoms with Crippen molar-refractivity contribution in [2.75, 3.05) is 10.6 Å². The molecule has 0 saturated heterocycles. The third-order valence-electron chi connectivity index (χ3n) is 5.89. The normalized spacial score (nSPS) is 13.9. The van der Waals surface area contributed by atoms with Crippen LogP contribution < -0.4 is 10.6 Å². The summed E-state index contributed by atoms with van der Waals surface area (Å²) in [5, 5.41) is 17.4. The number of thioether (sulfide) groups is 1. The quantitative estimate of drug-likeness (QED) is 0.196. The number of carbonyl (C=O) groups is 2. The molecule has 0 spiro atoms. The number of hydrogen-bond acceptors (Lipinski definition) is 11. The van der Waals surface area contributed by atoms with E-state index in [2.05, 4.69) is 41.2 Å². The molecule has 1 saturated carbocycles. The summed E-state index contributed by atoms with van der Waals surface area (Å²) < 4.78 is 26.3. The number of ketones is 1. The molecule has 0 radical (unpaired) electrons. The Balaban J connectivity index is 1.37. The highest BCUT2D eigenvalue weighted by molar-refractivity contribution is 7.98. The summed E-state index contributed by atoms with van der Waals surface area (Å²) in [4.78, 5) is 35.2. The lowest BCUT2D eigenvalue weighted by molar-refractivity contribution is 0.0923. The second kappa shape index (κ2) is 11.4. The number of urea groups is 1. The molecule has 1 aromatic carbocycles. The number of anilines is 2. The first-order chi connectivity index (χ1) is 18.4. The Morgan fingerprint density at radius 1 is 1.11 bits per heavy atom. The fourth-order valence-electron chi connectivity index (χ4n) is 4.07. The van der Waals surface area contributed by atoms with Crippen LogP contribution in [-0.4, -0.2) is 50.8 Å². The molecule has 1 aliphatic carbocycles. The molecule has 15 heteroatoms. The Labute approximate surface area is 226 Å². The number of Topliss-reactive ketones (excluding diaryl/α,β-unsaturated/α-hetero) is 1. The number of aromatic amines is 1. The van der Waals surface area contributed by atoms with E-state index >= 15 is 0 Å². The molecule has 1 fully saturated rings. The van der Waals surface area contributed by atoms with Crippen molar-refractivity contribution in [3.05, 3.63) is 60.0 Å². The van der Waals surface area contributed by atoms with Crippen LogP contribution in [0.3, 0.4) is 0 Å². The Bertz CT molecular complexity index is 1540. The van der Waals surface area contributed by atoms with Gasteiger partial charge in [0, 0.05) is 29.0 Å². The van der Waals surface area contributed by atoms with Gasteiger partial charge in [-0.15, -0.1) is 11.8 Å².